The van der Waals surface area contributed by atoms with Crippen LogP contribution in [-0.4, -0.2) is 31.4 Å². The molecule has 0 aliphatic heterocycles. The van der Waals surface area contributed by atoms with E-state index in [0.717, 1.165) is 40.8 Å². The number of aryl methyl sites for hydroxylation is 1. The molecule has 0 spiro atoms. The summed E-state index contributed by atoms with van der Waals surface area (Å²) < 4.78 is 25.8. The van der Waals surface area contributed by atoms with Gasteiger partial charge in [-0.3, -0.25) is 4.79 Å². The normalized spacial score (nSPS) is 28.3. The van der Waals surface area contributed by atoms with Gasteiger partial charge in [0.05, 0.1) is 12.8 Å². The van der Waals surface area contributed by atoms with E-state index < -0.39 is 10.0 Å². The van der Waals surface area contributed by atoms with Gasteiger partial charge in [0.25, 0.3) is 0 Å². The van der Waals surface area contributed by atoms with Crippen LogP contribution in [0.2, 0.25) is 0 Å². The van der Waals surface area contributed by atoms with Crippen molar-refractivity contribution in [3.63, 3.8) is 0 Å². The number of carbonyl (C=O) groups is 1. The summed E-state index contributed by atoms with van der Waals surface area (Å²) in [5, 5.41) is 2.90. The molecule has 5 nitrogen and oxygen atoms in total. The van der Waals surface area contributed by atoms with E-state index in [9.17, 15) is 13.2 Å². The maximum atomic E-state index is 12.7. The third-order valence-electron chi connectivity index (χ3n) is 8.09. The van der Waals surface area contributed by atoms with Crippen LogP contribution in [0.3, 0.4) is 0 Å². The minimum Gasteiger partial charge on any atom is -0.325 e. The van der Waals surface area contributed by atoms with Gasteiger partial charge in [0.15, 0.2) is 0 Å². The van der Waals surface area contributed by atoms with Crippen LogP contribution < -0.4 is 5.32 Å². The average molecular weight is 467 g/mol. The van der Waals surface area contributed by atoms with Crippen molar-refractivity contribution in [1.29, 1.82) is 0 Å². The van der Waals surface area contributed by atoms with Crippen molar-refractivity contribution in [2.75, 3.05) is 18.1 Å². The van der Waals surface area contributed by atoms with Crippen LogP contribution >= 0.6 is 0 Å². The van der Waals surface area contributed by atoms with Crippen molar-refractivity contribution in [3.8, 4) is 0 Å². The fraction of sp³-hybridized carbons (Fsp3) is 0.519. The number of sulfonamides is 1. The summed E-state index contributed by atoms with van der Waals surface area (Å²) in [4.78, 5) is 12.7. The second kappa shape index (κ2) is 8.55. The molecule has 0 atom stereocenters. The fourth-order valence-corrected chi connectivity index (χ4v) is 7.65. The van der Waals surface area contributed by atoms with Gasteiger partial charge in [0, 0.05) is 12.2 Å². The lowest BCUT2D eigenvalue weighted by Crippen LogP contribution is -2.48. The van der Waals surface area contributed by atoms with Crippen LogP contribution in [0, 0.1) is 24.7 Å². The van der Waals surface area contributed by atoms with Gasteiger partial charge in [-0.05, 0) is 91.9 Å². The molecule has 4 fully saturated rings. The molecule has 0 unspecified atom stereocenters. The summed E-state index contributed by atoms with van der Waals surface area (Å²) in [5.74, 6) is 2.36. The van der Waals surface area contributed by atoms with Crippen LogP contribution in [0.5, 0.6) is 0 Å². The lowest BCUT2D eigenvalue weighted by atomic mass is 9.48. The molecule has 1 amide bonds. The molecule has 0 radical (unpaired) electrons. The van der Waals surface area contributed by atoms with Gasteiger partial charge in [0.2, 0.25) is 15.9 Å². The molecule has 2 aromatic rings. The quantitative estimate of drug-likeness (QED) is 0.633. The number of anilines is 1. The first-order valence-electron chi connectivity index (χ1n) is 12.1. The predicted octanol–water partition coefficient (Wildman–Crippen LogP) is 4.86. The lowest BCUT2D eigenvalue weighted by molar-refractivity contribution is -0.116. The summed E-state index contributed by atoms with van der Waals surface area (Å²) in [6.45, 7) is 1.96. The Bertz CT molecular complexity index is 1090. The molecular weight excluding hydrogens is 432 g/mol. The second-order valence-electron chi connectivity index (χ2n) is 10.8. The smallest absolute Gasteiger partial charge is 0.239 e. The number of benzene rings is 2. The molecule has 4 saturated carbocycles. The highest BCUT2D eigenvalue weighted by Crippen LogP contribution is 2.60. The largest absolute Gasteiger partial charge is 0.325 e. The molecule has 2 aromatic carbocycles. The maximum absolute atomic E-state index is 12.7. The number of rotatable bonds is 7. The van der Waals surface area contributed by atoms with Crippen molar-refractivity contribution in [2.24, 2.45) is 17.8 Å². The second-order valence-corrected chi connectivity index (χ2v) is 12.8. The standard InChI is InChI=1S/C27H34N2O3S/c1-19-3-5-20(6-4-19)17-29(33(2,31)32)18-26(30)28-25-9-7-24(8-10-25)27-14-21-11-22(15-27)13-23(12-21)16-27/h3-10,21-23H,11-18H2,1-2H3,(H,28,30). The Morgan fingerprint density at radius 3 is 2.00 bits per heavy atom. The van der Waals surface area contributed by atoms with Crippen LogP contribution in [0.4, 0.5) is 5.69 Å². The Balaban J connectivity index is 1.24. The molecule has 33 heavy (non-hydrogen) atoms. The van der Waals surface area contributed by atoms with Crippen molar-refractivity contribution >= 4 is 21.6 Å². The molecule has 6 rings (SSSR count). The van der Waals surface area contributed by atoms with Gasteiger partial charge < -0.3 is 5.32 Å². The van der Waals surface area contributed by atoms with Gasteiger partial charge in [-0.15, -0.1) is 0 Å². The number of nitrogens with one attached hydrogen (secondary N) is 1. The molecule has 176 valence electrons. The van der Waals surface area contributed by atoms with Gasteiger partial charge in [-0.2, -0.15) is 4.31 Å². The minimum atomic E-state index is -3.52. The summed E-state index contributed by atoms with van der Waals surface area (Å²) in [6, 6.07) is 16.0. The molecule has 0 saturated heterocycles. The number of nitrogens with zero attached hydrogens (tertiary/aromatic N) is 1. The molecule has 4 bridgehead atoms. The van der Waals surface area contributed by atoms with Crippen molar-refractivity contribution in [2.45, 2.75) is 57.4 Å². The average Bonchev–Trinajstić information content (AvgIpc) is 2.73. The minimum absolute atomic E-state index is 0.178. The van der Waals surface area contributed by atoms with E-state index in [4.69, 9.17) is 0 Å². The zero-order chi connectivity index (χ0) is 23.2. The van der Waals surface area contributed by atoms with Crippen molar-refractivity contribution in [1.82, 2.24) is 4.31 Å². The molecular formula is C27H34N2O3S. The SMILES string of the molecule is Cc1ccc(CN(CC(=O)Nc2ccc(C34CC5CC(CC(C5)C3)C4)cc2)S(C)(=O)=O)cc1. The van der Waals surface area contributed by atoms with Gasteiger partial charge in [0.1, 0.15) is 0 Å². The molecule has 6 heteroatoms. The van der Waals surface area contributed by atoms with E-state index in [-0.39, 0.29) is 19.0 Å². The van der Waals surface area contributed by atoms with Gasteiger partial charge in [-0.1, -0.05) is 42.0 Å². The highest BCUT2D eigenvalue weighted by Gasteiger charge is 2.51. The molecule has 0 aromatic heterocycles. The van der Waals surface area contributed by atoms with Crippen molar-refractivity contribution in [3.05, 3.63) is 65.2 Å². The topological polar surface area (TPSA) is 66.5 Å². The summed E-state index contributed by atoms with van der Waals surface area (Å²) in [5.41, 5.74) is 4.44. The third kappa shape index (κ3) is 4.87. The van der Waals surface area contributed by atoms with Crippen molar-refractivity contribution < 1.29 is 13.2 Å². The Morgan fingerprint density at radius 2 is 1.48 bits per heavy atom. The molecule has 1 N–H and O–H groups in total. The van der Waals surface area contributed by atoms with E-state index >= 15 is 0 Å². The Labute approximate surface area is 197 Å². The predicted molar refractivity (Wildman–Crippen MR) is 131 cm³/mol. The Kier molecular flexibility index (Phi) is 5.86. The number of carbonyl (C=O) groups excluding carboxylic acids is 1. The lowest BCUT2D eigenvalue weighted by Gasteiger charge is -2.57. The first kappa shape index (κ1) is 22.6. The van der Waals surface area contributed by atoms with E-state index in [1.54, 1.807) is 0 Å². The summed E-state index contributed by atoms with van der Waals surface area (Å²) in [6.07, 6.45) is 9.36. The highest BCUT2D eigenvalue weighted by molar-refractivity contribution is 7.88. The maximum Gasteiger partial charge on any atom is 0.239 e. The van der Waals surface area contributed by atoms with Crippen LogP contribution in [0.15, 0.2) is 48.5 Å². The van der Waals surface area contributed by atoms with E-state index in [2.05, 4.69) is 17.4 Å². The molecule has 0 heterocycles. The van der Waals surface area contributed by atoms with Crippen LogP contribution in [0.1, 0.15) is 55.2 Å². The fourth-order valence-electron chi connectivity index (χ4n) is 6.92. The third-order valence-corrected chi connectivity index (χ3v) is 9.28. The van der Waals surface area contributed by atoms with Gasteiger partial charge >= 0.3 is 0 Å². The number of hydrogen-bond donors (Lipinski definition) is 1. The first-order valence-corrected chi connectivity index (χ1v) is 13.9. The molecule has 4 aliphatic carbocycles. The monoisotopic (exact) mass is 466 g/mol. The number of hydrogen-bond acceptors (Lipinski definition) is 3. The van der Waals surface area contributed by atoms with Crippen LogP contribution in [0.25, 0.3) is 0 Å². The van der Waals surface area contributed by atoms with E-state index in [1.165, 1.54) is 48.4 Å². The molecule has 4 aliphatic rings. The first-order chi connectivity index (χ1) is 15.7. The van der Waals surface area contributed by atoms with Crippen LogP contribution in [-0.2, 0) is 26.8 Å². The summed E-state index contributed by atoms with van der Waals surface area (Å²) >= 11 is 0. The zero-order valence-corrected chi connectivity index (χ0v) is 20.4. The van der Waals surface area contributed by atoms with E-state index in [1.807, 2.05) is 43.3 Å². The summed E-state index contributed by atoms with van der Waals surface area (Å²) in [7, 11) is -3.52. The highest BCUT2D eigenvalue weighted by atomic mass is 32.2. The Hall–Kier alpha value is -2.18. The zero-order valence-electron chi connectivity index (χ0n) is 19.6. The Morgan fingerprint density at radius 1 is 0.939 bits per heavy atom. The van der Waals surface area contributed by atoms with Gasteiger partial charge in [-0.25, -0.2) is 8.42 Å². The number of amides is 1. The van der Waals surface area contributed by atoms with E-state index in [0.29, 0.717) is 5.41 Å².